The van der Waals surface area contributed by atoms with Crippen LogP contribution in [0.5, 0.6) is 0 Å². The number of nitrogens with one attached hydrogen (secondary N) is 3. The predicted octanol–water partition coefficient (Wildman–Crippen LogP) is 2.11. The number of piperidine rings is 1. The summed E-state index contributed by atoms with van der Waals surface area (Å²) in [5.41, 5.74) is -0.0453. The minimum Gasteiger partial charge on any atom is -0.385 e. The van der Waals surface area contributed by atoms with E-state index in [1.54, 1.807) is 7.11 Å². The Bertz CT molecular complexity index is 915. The van der Waals surface area contributed by atoms with Crippen molar-refractivity contribution in [1.29, 1.82) is 0 Å². The van der Waals surface area contributed by atoms with E-state index in [4.69, 9.17) is 9.73 Å². The fourth-order valence-corrected chi connectivity index (χ4v) is 7.14. The Morgan fingerprint density at radius 2 is 1.95 bits per heavy atom. The van der Waals surface area contributed by atoms with Gasteiger partial charge in [-0.1, -0.05) is 46.8 Å². The number of hydrogen-bond donors (Lipinski definition) is 4. The quantitative estimate of drug-likeness (QED) is 0.153. The summed E-state index contributed by atoms with van der Waals surface area (Å²) >= 11 is 0. The fraction of sp³-hybridized carbons (Fsp3) is 0.879. The van der Waals surface area contributed by atoms with Gasteiger partial charge in [0.15, 0.2) is 0 Å². The minimum atomic E-state index is -0.728. The zero-order valence-corrected chi connectivity index (χ0v) is 27.8. The van der Waals surface area contributed by atoms with Crippen LogP contribution in [0, 0.1) is 23.2 Å². The number of methoxy groups -OCH3 is 1. The van der Waals surface area contributed by atoms with Crippen LogP contribution < -0.4 is 16.0 Å². The van der Waals surface area contributed by atoms with E-state index < -0.39 is 6.23 Å². The molecular weight excluding hydrogens is 542 g/mol. The van der Waals surface area contributed by atoms with Crippen molar-refractivity contribution in [3.05, 3.63) is 12.2 Å². The van der Waals surface area contributed by atoms with Crippen molar-refractivity contribution in [2.24, 2.45) is 28.2 Å². The lowest BCUT2D eigenvalue weighted by Crippen LogP contribution is -2.65. The molecule has 5 unspecified atom stereocenters. The first-order chi connectivity index (χ1) is 20.6. The van der Waals surface area contributed by atoms with Crippen LogP contribution in [-0.2, 0) is 9.53 Å². The summed E-state index contributed by atoms with van der Waals surface area (Å²) in [7, 11) is 1.73. The number of amides is 1. The van der Waals surface area contributed by atoms with Crippen LogP contribution in [0.2, 0.25) is 0 Å². The topological polar surface area (TPSA) is 105 Å². The third kappa shape index (κ3) is 9.55. The number of allylic oxidation sites excluding steroid dienone is 1. The lowest BCUT2D eigenvalue weighted by molar-refractivity contribution is -0.140. The van der Waals surface area contributed by atoms with Gasteiger partial charge in [-0.25, -0.2) is 0 Å². The van der Waals surface area contributed by atoms with E-state index in [9.17, 15) is 9.90 Å². The number of piperazine rings is 1. The molecule has 3 aliphatic heterocycles. The number of aliphatic hydroxyl groups is 1. The number of nitrogens with zero attached hydrogens (tertiary/aromatic N) is 4. The summed E-state index contributed by atoms with van der Waals surface area (Å²) in [6.07, 6.45) is 10.9. The number of carbonyl (C=O) groups is 1. The summed E-state index contributed by atoms with van der Waals surface area (Å²) in [6, 6.07) is 0.696. The molecule has 7 atom stereocenters. The summed E-state index contributed by atoms with van der Waals surface area (Å²) in [5.74, 6) is 0.346. The van der Waals surface area contributed by atoms with Gasteiger partial charge in [0.25, 0.3) is 0 Å². The van der Waals surface area contributed by atoms with Gasteiger partial charge < -0.3 is 25.4 Å². The lowest BCUT2D eigenvalue weighted by atomic mass is 9.88. The fourth-order valence-electron chi connectivity index (χ4n) is 7.14. The molecule has 4 N–H and O–H groups in total. The Morgan fingerprint density at radius 1 is 1.19 bits per heavy atom. The second kappa shape index (κ2) is 16.2. The number of rotatable bonds is 12. The van der Waals surface area contributed by atoms with E-state index in [1.165, 1.54) is 12.8 Å². The van der Waals surface area contributed by atoms with E-state index in [1.807, 2.05) is 6.21 Å². The first-order valence-electron chi connectivity index (χ1n) is 16.9. The van der Waals surface area contributed by atoms with Crippen LogP contribution in [-0.4, -0.2) is 129 Å². The molecule has 3 heterocycles. The highest BCUT2D eigenvalue weighted by Gasteiger charge is 2.42. The number of carbonyl (C=O) groups excluding carboxylic acids is 1. The van der Waals surface area contributed by atoms with Crippen molar-refractivity contribution in [2.45, 2.75) is 97.4 Å². The summed E-state index contributed by atoms with van der Waals surface area (Å²) in [5, 5.41) is 22.9. The lowest BCUT2D eigenvalue weighted by Gasteiger charge is -2.47. The minimum absolute atomic E-state index is 0.0391. The van der Waals surface area contributed by atoms with Gasteiger partial charge in [-0.15, -0.1) is 0 Å². The number of aliphatic imine (C=N–C) groups is 1. The molecule has 4 aliphatic rings. The molecule has 0 radical (unpaired) electrons. The number of ether oxygens (including phenoxy) is 1. The number of aliphatic hydroxyl groups excluding tert-OH is 1. The average molecular weight is 604 g/mol. The summed E-state index contributed by atoms with van der Waals surface area (Å²) in [6.45, 7) is 18.2. The molecule has 0 aromatic heterocycles. The van der Waals surface area contributed by atoms with E-state index >= 15 is 0 Å². The Hall–Kier alpha value is -1.40. The molecule has 246 valence electrons. The highest BCUT2D eigenvalue weighted by molar-refractivity contribution is 5.79. The van der Waals surface area contributed by atoms with Crippen molar-refractivity contribution >= 4 is 12.1 Å². The van der Waals surface area contributed by atoms with Crippen molar-refractivity contribution in [1.82, 2.24) is 30.7 Å². The van der Waals surface area contributed by atoms with Crippen LogP contribution in [0.3, 0.4) is 0 Å². The molecule has 1 aliphatic carbocycles. The highest BCUT2D eigenvalue weighted by Crippen LogP contribution is 2.29. The van der Waals surface area contributed by atoms with Crippen LogP contribution in [0.25, 0.3) is 0 Å². The van der Waals surface area contributed by atoms with E-state index in [0.717, 1.165) is 65.1 Å². The standard InChI is InChI=1S/C33H61N7O3/c1-24(2)23-40(31(42)28-22-36-32(33(3,4)5)37-29(28)35-13-10-18-43-6)27-19-25(20-34-21-27)30(41)39-16-14-38(15-17-39)26-11-8-7-9-12-26/h7-8,22,24-29,31-32,34-35,37,42H,9-21,23H2,1-6H3/t25-,26?,27+,28?,29?,31?,32?/m1/s1. The van der Waals surface area contributed by atoms with Crippen molar-refractivity contribution in [2.75, 3.05) is 66.1 Å². The molecule has 2 fully saturated rings. The SMILES string of the molecule is COCCCNC1NC(C(C)(C)C)N=CC1C(O)N(CC(C)C)[C@@H]1CNC[C@H](C(=O)N2CCN(C3CC=CCC3)CC2)C1. The molecule has 43 heavy (non-hydrogen) atoms. The molecule has 4 rings (SSSR count). The van der Waals surface area contributed by atoms with Crippen LogP contribution in [0.15, 0.2) is 17.1 Å². The van der Waals surface area contributed by atoms with Gasteiger partial charge >= 0.3 is 0 Å². The van der Waals surface area contributed by atoms with Gasteiger partial charge in [-0.3, -0.25) is 24.9 Å². The Morgan fingerprint density at radius 3 is 2.60 bits per heavy atom. The van der Waals surface area contributed by atoms with Gasteiger partial charge in [0.1, 0.15) is 12.4 Å². The maximum Gasteiger partial charge on any atom is 0.227 e. The monoisotopic (exact) mass is 603 g/mol. The van der Waals surface area contributed by atoms with Gasteiger partial charge in [-0.05, 0) is 50.0 Å². The zero-order valence-electron chi connectivity index (χ0n) is 27.8. The predicted molar refractivity (Wildman–Crippen MR) is 174 cm³/mol. The average Bonchev–Trinajstić information content (AvgIpc) is 3.01. The molecule has 0 saturated carbocycles. The smallest absolute Gasteiger partial charge is 0.227 e. The third-order valence-corrected chi connectivity index (χ3v) is 9.63. The first-order valence-corrected chi connectivity index (χ1v) is 16.9. The maximum atomic E-state index is 13.8. The van der Waals surface area contributed by atoms with Gasteiger partial charge in [0, 0.05) is 77.8 Å². The molecular formula is C33H61N7O3. The second-order valence-electron chi connectivity index (χ2n) is 14.6. The number of hydrogen-bond acceptors (Lipinski definition) is 9. The van der Waals surface area contributed by atoms with Crippen molar-refractivity contribution < 1.29 is 14.6 Å². The van der Waals surface area contributed by atoms with Gasteiger partial charge in [0.05, 0.1) is 18.0 Å². The summed E-state index contributed by atoms with van der Waals surface area (Å²) in [4.78, 5) is 25.6. The third-order valence-electron chi connectivity index (χ3n) is 9.63. The van der Waals surface area contributed by atoms with Crippen LogP contribution >= 0.6 is 0 Å². The van der Waals surface area contributed by atoms with Gasteiger partial charge in [0.2, 0.25) is 5.91 Å². The van der Waals surface area contributed by atoms with Crippen molar-refractivity contribution in [3.63, 3.8) is 0 Å². The van der Waals surface area contributed by atoms with E-state index in [2.05, 4.69) is 77.4 Å². The molecule has 1 amide bonds. The second-order valence-corrected chi connectivity index (χ2v) is 14.6. The zero-order chi connectivity index (χ0) is 31.0. The Kier molecular flexibility index (Phi) is 13.0. The molecule has 0 aromatic rings. The molecule has 0 bridgehead atoms. The molecule has 0 aromatic carbocycles. The van der Waals surface area contributed by atoms with E-state index in [-0.39, 0.29) is 41.5 Å². The highest BCUT2D eigenvalue weighted by atomic mass is 16.5. The van der Waals surface area contributed by atoms with Crippen LogP contribution in [0.4, 0.5) is 0 Å². The maximum absolute atomic E-state index is 13.8. The largest absolute Gasteiger partial charge is 0.385 e. The van der Waals surface area contributed by atoms with Crippen LogP contribution in [0.1, 0.15) is 66.7 Å². The first kappa shape index (κ1) is 34.5. The Balaban J connectivity index is 1.41. The Labute approximate surface area is 261 Å². The normalized spacial score (nSPS) is 31.6. The molecule has 2 saturated heterocycles. The van der Waals surface area contributed by atoms with Gasteiger partial charge in [-0.2, -0.15) is 0 Å². The summed E-state index contributed by atoms with van der Waals surface area (Å²) < 4.78 is 5.26. The molecule has 10 heteroatoms. The van der Waals surface area contributed by atoms with Crippen molar-refractivity contribution in [3.8, 4) is 0 Å². The molecule has 0 spiro atoms. The molecule has 10 nitrogen and oxygen atoms in total. The van der Waals surface area contributed by atoms with E-state index in [0.29, 0.717) is 25.1 Å².